The van der Waals surface area contributed by atoms with Crippen LogP contribution in [0.3, 0.4) is 0 Å². The quantitative estimate of drug-likeness (QED) is 0.456. The minimum atomic E-state index is -0.723. The molecule has 1 aliphatic carbocycles. The summed E-state index contributed by atoms with van der Waals surface area (Å²) in [6.45, 7) is 2.24. The number of hydrogen-bond acceptors (Lipinski definition) is 6. The van der Waals surface area contributed by atoms with Crippen LogP contribution >= 0.6 is 11.8 Å². The average Bonchev–Trinajstić information content (AvgIpc) is 3.31. The van der Waals surface area contributed by atoms with Crippen LogP contribution < -0.4 is 10.6 Å². The lowest BCUT2D eigenvalue weighted by molar-refractivity contribution is -0.125. The van der Waals surface area contributed by atoms with Gasteiger partial charge in [-0.3, -0.25) is 19.4 Å². The van der Waals surface area contributed by atoms with Crippen LogP contribution in [0.4, 0.5) is 10.1 Å². The molecule has 2 heterocycles. The molecule has 2 aliphatic heterocycles. The number of aliphatic imine (C=N–C) groups is 2. The van der Waals surface area contributed by atoms with Crippen LogP contribution in [0.5, 0.6) is 0 Å². The minimum Gasteiger partial charge on any atom is -0.352 e. The zero-order valence-corrected chi connectivity index (χ0v) is 23.4. The number of carbonyl (C=O) groups is 3. The lowest BCUT2D eigenvalue weighted by Gasteiger charge is -2.29. The number of rotatable bonds is 9. The second-order valence-corrected chi connectivity index (χ2v) is 11.5. The molecule has 210 valence electrons. The van der Waals surface area contributed by atoms with Gasteiger partial charge >= 0.3 is 0 Å². The van der Waals surface area contributed by atoms with E-state index in [0.717, 1.165) is 36.8 Å². The van der Waals surface area contributed by atoms with Gasteiger partial charge in [-0.25, -0.2) is 14.3 Å². The van der Waals surface area contributed by atoms with Crippen LogP contribution in [0.15, 0.2) is 58.5 Å². The Kier molecular flexibility index (Phi) is 8.94. The van der Waals surface area contributed by atoms with E-state index in [-0.39, 0.29) is 49.0 Å². The molecule has 0 bridgehead atoms. The van der Waals surface area contributed by atoms with Crippen molar-refractivity contribution in [3.63, 3.8) is 0 Å². The Hall–Kier alpha value is -3.53. The molecule has 0 aromatic heterocycles. The van der Waals surface area contributed by atoms with E-state index in [1.807, 2.05) is 31.2 Å². The molecule has 0 radical (unpaired) electrons. The summed E-state index contributed by atoms with van der Waals surface area (Å²) in [5.74, 6) is -0.304. The van der Waals surface area contributed by atoms with Crippen LogP contribution in [0, 0.1) is 5.82 Å². The van der Waals surface area contributed by atoms with Gasteiger partial charge in [-0.05, 0) is 55.5 Å². The van der Waals surface area contributed by atoms with Gasteiger partial charge in [0.15, 0.2) is 5.17 Å². The molecule has 2 aromatic carbocycles. The summed E-state index contributed by atoms with van der Waals surface area (Å²) in [5.41, 5.74) is 2.24. The maximum atomic E-state index is 13.6. The number of amidine groups is 2. The van der Waals surface area contributed by atoms with E-state index >= 15 is 0 Å². The fourth-order valence-corrected chi connectivity index (χ4v) is 6.25. The highest BCUT2D eigenvalue weighted by Gasteiger charge is 2.42. The first-order chi connectivity index (χ1) is 19.4. The van der Waals surface area contributed by atoms with Crippen LogP contribution in [0.1, 0.15) is 69.4 Å². The van der Waals surface area contributed by atoms with Gasteiger partial charge in [-0.2, -0.15) is 0 Å². The molecule has 5 rings (SSSR count). The third-order valence-electron chi connectivity index (χ3n) is 7.46. The smallest absolute Gasteiger partial charge is 0.259 e. The van der Waals surface area contributed by atoms with Crippen molar-refractivity contribution >= 4 is 46.2 Å². The molecule has 3 amide bonds. The van der Waals surface area contributed by atoms with Gasteiger partial charge in [-0.15, -0.1) is 0 Å². The molecule has 40 heavy (non-hydrogen) atoms. The number of amides is 3. The molecule has 0 unspecified atom stereocenters. The maximum Gasteiger partial charge on any atom is 0.259 e. The molecule has 0 spiro atoms. The minimum absolute atomic E-state index is 0.0273. The highest BCUT2D eigenvalue weighted by molar-refractivity contribution is 8.15. The third kappa shape index (κ3) is 6.43. The molecule has 2 aromatic rings. The fraction of sp³-hybridized carbons (Fsp3) is 0.433. The second-order valence-electron chi connectivity index (χ2n) is 10.4. The van der Waals surface area contributed by atoms with Crippen LogP contribution in [-0.2, 0) is 20.9 Å². The van der Waals surface area contributed by atoms with E-state index in [1.54, 1.807) is 12.1 Å². The summed E-state index contributed by atoms with van der Waals surface area (Å²) in [5, 5.41) is 6.07. The van der Waals surface area contributed by atoms with Crippen LogP contribution in [-0.4, -0.2) is 51.0 Å². The first-order valence-electron chi connectivity index (χ1n) is 14.0. The topological polar surface area (TPSA) is 103 Å². The standard InChI is InChI=1S/C30H34FN5O3S/c1-2-25(28(38)33-21-8-4-3-5-9-21)40-30-35-23-11-7-6-10-22(23)27-34-24(29(39)36(27)30)16-17-26(37)32-18-19-12-14-20(31)15-13-19/h6-7,10-15,21,24-25H,2-5,8-9,16-18H2,1H3,(H,32,37)(H,33,38)/t24-,25-/m1/s1. The normalized spacial score (nSPS) is 19.3. The number of benzene rings is 2. The van der Waals surface area contributed by atoms with E-state index < -0.39 is 11.3 Å². The number of hydrogen-bond donors (Lipinski definition) is 2. The summed E-state index contributed by atoms with van der Waals surface area (Å²) in [6, 6.07) is 12.9. The average molecular weight is 564 g/mol. The Morgan fingerprint density at radius 1 is 1.10 bits per heavy atom. The zero-order chi connectivity index (χ0) is 28.1. The van der Waals surface area contributed by atoms with Crippen molar-refractivity contribution in [2.45, 2.75) is 82.2 Å². The predicted octanol–water partition coefficient (Wildman–Crippen LogP) is 4.84. The van der Waals surface area contributed by atoms with Gasteiger partial charge in [0.1, 0.15) is 17.7 Å². The molecule has 1 saturated carbocycles. The Balaban J connectivity index is 1.26. The Bertz CT molecular complexity index is 1320. The van der Waals surface area contributed by atoms with Gasteiger partial charge in [0.05, 0.1) is 10.9 Å². The second kappa shape index (κ2) is 12.8. The van der Waals surface area contributed by atoms with Gasteiger partial charge in [-0.1, -0.05) is 62.2 Å². The zero-order valence-electron chi connectivity index (χ0n) is 22.6. The summed E-state index contributed by atoms with van der Waals surface area (Å²) in [7, 11) is 0. The Morgan fingerprint density at radius 2 is 1.85 bits per heavy atom. The predicted molar refractivity (Wildman–Crippen MR) is 155 cm³/mol. The van der Waals surface area contributed by atoms with E-state index in [9.17, 15) is 18.8 Å². The molecular formula is C30H34FN5O3S. The number of carbonyl (C=O) groups excluding carboxylic acids is 3. The third-order valence-corrected chi connectivity index (χ3v) is 8.77. The van der Waals surface area contributed by atoms with Crippen LogP contribution in [0.2, 0.25) is 0 Å². The summed E-state index contributed by atoms with van der Waals surface area (Å²) in [4.78, 5) is 50.3. The summed E-state index contributed by atoms with van der Waals surface area (Å²) < 4.78 is 13.1. The summed E-state index contributed by atoms with van der Waals surface area (Å²) in [6.07, 6.45) is 6.43. The Morgan fingerprint density at radius 3 is 2.60 bits per heavy atom. The van der Waals surface area contributed by atoms with Gasteiger partial charge in [0.25, 0.3) is 5.91 Å². The number of halogens is 1. The van der Waals surface area contributed by atoms with Crippen molar-refractivity contribution in [3.8, 4) is 0 Å². The van der Waals surface area contributed by atoms with E-state index in [0.29, 0.717) is 23.1 Å². The van der Waals surface area contributed by atoms with Crippen molar-refractivity contribution in [3.05, 3.63) is 65.5 Å². The molecule has 0 saturated heterocycles. The van der Waals surface area contributed by atoms with Gasteiger partial charge in [0, 0.05) is 24.6 Å². The monoisotopic (exact) mass is 563 g/mol. The van der Waals surface area contributed by atoms with Crippen molar-refractivity contribution in [2.75, 3.05) is 0 Å². The molecule has 10 heteroatoms. The lowest BCUT2D eigenvalue weighted by atomic mass is 9.95. The number of fused-ring (bicyclic) bond motifs is 3. The number of nitrogens with zero attached hydrogens (tertiary/aromatic N) is 3. The molecule has 2 N–H and O–H groups in total. The molecule has 1 fully saturated rings. The lowest BCUT2D eigenvalue weighted by Crippen LogP contribution is -2.45. The highest BCUT2D eigenvalue weighted by atomic mass is 32.2. The van der Waals surface area contributed by atoms with E-state index in [4.69, 9.17) is 9.98 Å². The fourth-order valence-electron chi connectivity index (χ4n) is 5.22. The van der Waals surface area contributed by atoms with Gasteiger partial charge in [0.2, 0.25) is 11.8 Å². The van der Waals surface area contributed by atoms with Crippen molar-refractivity contribution in [1.82, 2.24) is 15.5 Å². The maximum absolute atomic E-state index is 13.6. The molecule has 8 nitrogen and oxygen atoms in total. The van der Waals surface area contributed by atoms with Crippen molar-refractivity contribution < 1.29 is 18.8 Å². The first-order valence-corrected chi connectivity index (χ1v) is 14.9. The van der Waals surface area contributed by atoms with Crippen molar-refractivity contribution in [1.29, 1.82) is 0 Å². The van der Waals surface area contributed by atoms with Crippen LogP contribution in [0.25, 0.3) is 0 Å². The SMILES string of the molecule is CC[C@@H](SC1=Nc2ccccc2C2=N[C@H](CCC(=O)NCc3ccc(F)cc3)C(=O)N12)C(=O)NC1CCCCC1. The number of nitrogens with one attached hydrogen (secondary N) is 2. The highest BCUT2D eigenvalue weighted by Crippen LogP contribution is 2.36. The number of para-hydroxylation sites is 1. The van der Waals surface area contributed by atoms with E-state index in [2.05, 4.69) is 10.6 Å². The largest absolute Gasteiger partial charge is 0.352 e. The molecule has 2 atom stereocenters. The van der Waals surface area contributed by atoms with Gasteiger partial charge < -0.3 is 10.6 Å². The number of thioether (sulfide) groups is 1. The molecular weight excluding hydrogens is 529 g/mol. The summed E-state index contributed by atoms with van der Waals surface area (Å²) >= 11 is 1.30. The Labute approximate surface area is 237 Å². The van der Waals surface area contributed by atoms with E-state index in [1.165, 1.54) is 35.2 Å². The first kappa shape index (κ1) is 28.0. The van der Waals surface area contributed by atoms with Crippen molar-refractivity contribution in [2.24, 2.45) is 9.98 Å². The molecule has 3 aliphatic rings.